The second kappa shape index (κ2) is 51.3. The molecule has 0 N–H and O–H groups in total. The van der Waals surface area contributed by atoms with Crippen LogP contribution in [0.5, 0.6) is 0 Å². The predicted octanol–water partition coefficient (Wildman–Crippen LogP) is 17.7. The van der Waals surface area contributed by atoms with Gasteiger partial charge in [0.15, 0.2) is 6.10 Å². The van der Waals surface area contributed by atoms with E-state index in [9.17, 15) is 14.4 Å². The second-order valence-corrected chi connectivity index (χ2v) is 18.1. The highest BCUT2D eigenvalue weighted by atomic mass is 16.6. The first-order chi connectivity index (χ1) is 30.5. The summed E-state index contributed by atoms with van der Waals surface area (Å²) >= 11 is 0. The number of carbonyl (C=O) groups excluding carboxylic acids is 3. The molecule has 0 aliphatic carbocycles. The zero-order valence-electron chi connectivity index (χ0n) is 41.4. The summed E-state index contributed by atoms with van der Waals surface area (Å²) in [5, 5.41) is 0. The third-order valence-corrected chi connectivity index (χ3v) is 11.9. The Kier molecular flexibility index (Phi) is 49.3. The molecular formula is C56H102O6. The number of esters is 3. The molecule has 0 spiro atoms. The Morgan fingerprint density at radius 2 is 0.581 bits per heavy atom. The molecule has 6 nitrogen and oxygen atoms in total. The first-order valence-electron chi connectivity index (χ1n) is 27.0. The predicted molar refractivity (Wildman–Crippen MR) is 266 cm³/mol. The van der Waals surface area contributed by atoms with Crippen molar-refractivity contribution in [2.24, 2.45) is 0 Å². The van der Waals surface area contributed by atoms with Crippen LogP contribution in [0.2, 0.25) is 0 Å². The molecule has 1 unspecified atom stereocenters. The van der Waals surface area contributed by atoms with Gasteiger partial charge in [0.25, 0.3) is 0 Å². The van der Waals surface area contributed by atoms with E-state index in [1.54, 1.807) is 0 Å². The highest BCUT2D eigenvalue weighted by molar-refractivity contribution is 5.71. The van der Waals surface area contributed by atoms with Gasteiger partial charge in [-0.3, -0.25) is 14.4 Å². The summed E-state index contributed by atoms with van der Waals surface area (Å²) < 4.78 is 16.8. The zero-order valence-corrected chi connectivity index (χ0v) is 41.4. The highest BCUT2D eigenvalue weighted by Gasteiger charge is 2.19. The van der Waals surface area contributed by atoms with Crippen LogP contribution in [0, 0.1) is 0 Å². The first kappa shape index (κ1) is 59.6. The van der Waals surface area contributed by atoms with Crippen LogP contribution in [0.4, 0.5) is 0 Å². The zero-order chi connectivity index (χ0) is 45.1. The fourth-order valence-electron chi connectivity index (χ4n) is 7.76. The minimum absolute atomic E-state index is 0.0732. The van der Waals surface area contributed by atoms with E-state index in [0.29, 0.717) is 19.3 Å². The van der Waals surface area contributed by atoms with E-state index in [-0.39, 0.29) is 31.1 Å². The fourth-order valence-corrected chi connectivity index (χ4v) is 7.76. The van der Waals surface area contributed by atoms with Gasteiger partial charge in [-0.25, -0.2) is 0 Å². The Bertz CT molecular complexity index is 1050. The van der Waals surface area contributed by atoms with E-state index in [1.807, 2.05) is 0 Å². The van der Waals surface area contributed by atoms with Gasteiger partial charge in [-0.1, -0.05) is 224 Å². The summed E-state index contributed by atoms with van der Waals surface area (Å²) in [6.45, 7) is 6.59. The maximum absolute atomic E-state index is 12.8. The summed E-state index contributed by atoms with van der Waals surface area (Å²) in [4.78, 5) is 37.9. The third-order valence-electron chi connectivity index (χ3n) is 11.9. The molecule has 62 heavy (non-hydrogen) atoms. The van der Waals surface area contributed by atoms with Gasteiger partial charge in [0.05, 0.1) is 0 Å². The highest BCUT2D eigenvalue weighted by Crippen LogP contribution is 2.15. The molecule has 0 aromatic carbocycles. The molecule has 362 valence electrons. The Morgan fingerprint density at radius 1 is 0.323 bits per heavy atom. The monoisotopic (exact) mass is 871 g/mol. The van der Waals surface area contributed by atoms with Crippen LogP contribution >= 0.6 is 0 Å². The van der Waals surface area contributed by atoms with Crippen LogP contribution < -0.4 is 0 Å². The van der Waals surface area contributed by atoms with Crippen LogP contribution in [0.25, 0.3) is 0 Å². The molecule has 0 amide bonds. The van der Waals surface area contributed by atoms with E-state index >= 15 is 0 Å². The maximum atomic E-state index is 12.8. The molecule has 0 aromatic heterocycles. The molecule has 1 atom stereocenters. The quantitative estimate of drug-likeness (QED) is 0.0262. The number of unbranched alkanes of at least 4 members (excludes halogenated alkanes) is 32. The van der Waals surface area contributed by atoms with E-state index in [4.69, 9.17) is 14.2 Å². The van der Waals surface area contributed by atoms with Crippen LogP contribution in [0.3, 0.4) is 0 Å². The van der Waals surface area contributed by atoms with Crippen molar-refractivity contribution < 1.29 is 28.6 Å². The molecule has 0 radical (unpaired) electrons. The Morgan fingerprint density at radius 3 is 0.935 bits per heavy atom. The van der Waals surface area contributed by atoms with Crippen LogP contribution in [0.1, 0.15) is 284 Å². The van der Waals surface area contributed by atoms with Crippen molar-refractivity contribution in [2.75, 3.05) is 13.2 Å². The molecule has 0 aromatic rings. The fraction of sp³-hybridized carbons (Fsp3) is 0.839. The lowest BCUT2D eigenvalue weighted by atomic mass is 10.1. The standard InChI is InChI=1S/C56H102O6/c1-4-7-10-13-16-18-20-22-24-26-28-30-31-33-35-37-40-43-46-49-55(58)61-52-53(51-60-54(57)48-45-42-39-15-12-9-6-3)62-56(59)50-47-44-41-38-36-34-32-29-27-25-23-21-19-17-14-11-8-5-2/h16,18,22,24-25,27,53H,4-15,17,19-21,23,26,28-52H2,1-3H3/b18-16-,24-22-,27-25-. The topological polar surface area (TPSA) is 78.9 Å². The largest absolute Gasteiger partial charge is 0.462 e. The summed E-state index contributed by atoms with van der Waals surface area (Å²) in [7, 11) is 0. The number of hydrogen-bond donors (Lipinski definition) is 0. The van der Waals surface area contributed by atoms with Gasteiger partial charge in [0.1, 0.15) is 13.2 Å². The van der Waals surface area contributed by atoms with Gasteiger partial charge in [0, 0.05) is 19.3 Å². The summed E-state index contributed by atoms with van der Waals surface area (Å²) in [6, 6.07) is 0. The molecule has 0 aliphatic rings. The Balaban J connectivity index is 4.22. The molecule has 0 bridgehead atoms. The lowest BCUT2D eigenvalue weighted by Crippen LogP contribution is -2.30. The molecule has 0 rings (SSSR count). The van der Waals surface area contributed by atoms with Gasteiger partial charge >= 0.3 is 17.9 Å². The molecule has 0 aliphatic heterocycles. The van der Waals surface area contributed by atoms with E-state index in [2.05, 4.69) is 57.2 Å². The van der Waals surface area contributed by atoms with E-state index < -0.39 is 6.10 Å². The van der Waals surface area contributed by atoms with Crippen LogP contribution in [0.15, 0.2) is 36.5 Å². The summed E-state index contributed by atoms with van der Waals surface area (Å²) in [5.41, 5.74) is 0. The molecule has 6 heteroatoms. The summed E-state index contributed by atoms with van der Waals surface area (Å²) in [5.74, 6) is -0.877. The SMILES string of the molecule is CCCCC/C=C\C/C=C\CCCCCCCCCCCC(=O)OCC(COC(=O)CCCCCCCCC)OC(=O)CCCCCCCCC/C=C\CCCCCCCCC. The number of rotatable bonds is 49. The normalized spacial score (nSPS) is 12.2. The van der Waals surface area contributed by atoms with Crippen molar-refractivity contribution in [2.45, 2.75) is 290 Å². The summed E-state index contributed by atoms with van der Waals surface area (Å²) in [6.07, 6.45) is 60.0. The third kappa shape index (κ3) is 48.7. The van der Waals surface area contributed by atoms with Crippen molar-refractivity contribution in [3.63, 3.8) is 0 Å². The average Bonchev–Trinajstić information content (AvgIpc) is 3.27. The molecule has 0 saturated heterocycles. The molecule has 0 saturated carbocycles. The minimum atomic E-state index is -0.771. The lowest BCUT2D eigenvalue weighted by Gasteiger charge is -2.18. The molecule has 0 heterocycles. The number of hydrogen-bond acceptors (Lipinski definition) is 6. The molecular weight excluding hydrogens is 769 g/mol. The Hall–Kier alpha value is -2.37. The van der Waals surface area contributed by atoms with E-state index in [0.717, 1.165) is 64.2 Å². The molecule has 0 fully saturated rings. The van der Waals surface area contributed by atoms with Gasteiger partial charge in [-0.15, -0.1) is 0 Å². The smallest absolute Gasteiger partial charge is 0.306 e. The maximum Gasteiger partial charge on any atom is 0.306 e. The van der Waals surface area contributed by atoms with Crippen LogP contribution in [-0.4, -0.2) is 37.2 Å². The number of ether oxygens (including phenoxy) is 3. The lowest BCUT2D eigenvalue weighted by molar-refractivity contribution is -0.167. The van der Waals surface area contributed by atoms with Crippen molar-refractivity contribution in [3.8, 4) is 0 Å². The van der Waals surface area contributed by atoms with Gasteiger partial charge in [-0.05, 0) is 77.0 Å². The van der Waals surface area contributed by atoms with Gasteiger partial charge in [-0.2, -0.15) is 0 Å². The van der Waals surface area contributed by atoms with Gasteiger partial charge in [0.2, 0.25) is 0 Å². The average molecular weight is 871 g/mol. The number of carbonyl (C=O) groups is 3. The first-order valence-corrected chi connectivity index (χ1v) is 27.0. The van der Waals surface area contributed by atoms with Crippen molar-refractivity contribution in [1.82, 2.24) is 0 Å². The Labute approximate surface area is 385 Å². The van der Waals surface area contributed by atoms with E-state index in [1.165, 1.54) is 180 Å². The second-order valence-electron chi connectivity index (χ2n) is 18.1. The van der Waals surface area contributed by atoms with Crippen molar-refractivity contribution >= 4 is 17.9 Å². The minimum Gasteiger partial charge on any atom is -0.462 e. The number of allylic oxidation sites excluding steroid dienone is 6. The van der Waals surface area contributed by atoms with Crippen molar-refractivity contribution in [3.05, 3.63) is 36.5 Å². The van der Waals surface area contributed by atoms with Gasteiger partial charge < -0.3 is 14.2 Å². The van der Waals surface area contributed by atoms with Crippen LogP contribution in [-0.2, 0) is 28.6 Å². The van der Waals surface area contributed by atoms with Crippen molar-refractivity contribution in [1.29, 1.82) is 0 Å².